The largest absolute Gasteiger partial charge is 0.289 e. The van der Waals surface area contributed by atoms with E-state index in [2.05, 4.69) is 10.4 Å². The molecule has 4 nitrogen and oxygen atoms in total. The Bertz CT molecular complexity index is 606. The van der Waals surface area contributed by atoms with Crippen LogP contribution in [0.2, 0.25) is 5.02 Å². The number of halogens is 1. The molecule has 1 aromatic heterocycles. The van der Waals surface area contributed by atoms with Gasteiger partial charge in [-0.1, -0.05) is 35.9 Å². The van der Waals surface area contributed by atoms with Gasteiger partial charge in [0.25, 0.3) is 5.91 Å². The zero-order valence-electron chi connectivity index (χ0n) is 10.7. The van der Waals surface area contributed by atoms with E-state index in [9.17, 15) is 4.79 Å². The third-order valence-corrected chi connectivity index (χ3v) is 4.02. The number of hydrazine groups is 1. The highest BCUT2D eigenvalue weighted by Gasteiger charge is 2.06. The summed E-state index contributed by atoms with van der Waals surface area (Å²) in [6.07, 6.45) is 0. The summed E-state index contributed by atoms with van der Waals surface area (Å²) in [6, 6.07) is 13.1. The number of aromatic nitrogens is 1. The molecule has 104 valence electrons. The van der Waals surface area contributed by atoms with Gasteiger partial charge in [-0.15, -0.1) is 0 Å². The number of nitrogens with two attached hydrogens (primary N) is 1. The van der Waals surface area contributed by atoms with E-state index in [1.54, 1.807) is 23.9 Å². The highest BCUT2D eigenvalue weighted by atomic mass is 35.5. The minimum absolute atomic E-state index is 0.323. The first-order valence-corrected chi connectivity index (χ1v) is 7.52. The molecular formula is C14H14ClN3OS. The van der Waals surface area contributed by atoms with Gasteiger partial charge in [0.15, 0.2) is 0 Å². The number of rotatable bonds is 5. The zero-order valence-corrected chi connectivity index (χ0v) is 12.2. The van der Waals surface area contributed by atoms with Gasteiger partial charge < -0.3 is 0 Å². The molecule has 0 atom stereocenters. The van der Waals surface area contributed by atoms with Gasteiger partial charge in [0.05, 0.1) is 5.69 Å². The van der Waals surface area contributed by atoms with Crippen LogP contribution >= 0.6 is 23.4 Å². The molecule has 1 heterocycles. The second kappa shape index (κ2) is 7.28. The van der Waals surface area contributed by atoms with Crippen molar-refractivity contribution in [2.24, 2.45) is 5.84 Å². The van der Waals surface area contributed by atoms with Crippen LogP contribution in [0.1, 0.15) is 21.7 Å². The predicted octanol–water partition coefficient (Wildman–Crippen LogP) is 2.77. The number of carbonyl (C=O) groups excluding carboxylic acids is 1. The highest BCUT2D eigenvalue weighted by molar-refractivity contribution is 7.97. The van der Waals surface area contributed by atoms with E-state index in [4.69, 9.17) is 17.4 Å². The molecule has 2 rings (SSSR count). The number of carbonyl (C=O) groups is 1. The van der Waals surface area contributed by atoms with E-state index in [-0.39, 0.29) is 5.91 Å². The number of hydrogen-bond acceptors (Lipinski definition) is 4. The molecule has 0 aliphatic carbocycles. The minimum Gasteiger partial charge on any atom is -0.289 e. The van der Waals surface area contributed by atoms with Crippen molar-refractivity contribution < 1.29 is 4.79 Å². The Hall–Kier alpha value is -1.56. The van der Waals surface area contributed by atoms with Gasteiger partial charge >= 0.3 is 0 Å². The number of pyridine rings is 1. The number of amides is 1. The number of nitrogens with zero attached hydrogens (tertiary/aromatic N) is 1. The Morgan fingerprint density at radius 3 is 2.75 bits per heavy atom. The minimum atomic E-state index is -0.386. The summed E-state index contributed by atoms with van der Waals surface area (Å²) in [5, 5.41) is 0.768. The van der Waals surface area contributed by atoms with Crippen LogP contribution in [0.25, 0.3) is 0 Å². The lowest BCUT2D eigenvalue weighted by Crippen LogP contribution is -2.30. The van der Waals surface area contributed by atoms with Gasteiger partial charge in [0.1, 0.15) is 5.69 Å². The molecule has 0 spiro atoms. The topological polar surface area (TPSA) is 68.0 Å². The van der Waals surface area contributed by atoms with Crippen molar-refractivity contribution in [2.45, 2.75) is 11.5 Å². The molecule has 0 aliphatic rings. The van der Waals surface area contributed by atoms with Gasteiger partial charge in [-0.05, 0) is 23.8 Å². The maximum absolute atomic E-state index is 11.4. The number of nitrogens with one attached hydrogen (secondary N) is 1. The van der Waals surface area contributed by atoms with Crippen LogP contribution in [0.5, 0.6) is 0 Å². The lowest BCUT2D eigenvalue weighted by molar-refractivity contribution is 0.0948. The average Bonchev–Trinajstić information content (AvgIpc) is 2.49. The lowest BCUT2D eigenvalue weighted by Gasteiger charge is -2.05. The summed E-state index contributed by atoms with van der Waals surface area (Å²) in [5.41, 5.74) is 4.32. The number of nitrogen functional groups attached to an aromatic ring is 1. The molecule has 20 heavy (non-hydrogen) atoms. The fourth-order valence-corrected chi connectivity index (χ4v) is 2.87. The molecule has 0 radical (unpaired) electrons. The fraction of sp³-hybridized carbons (Fsp3) is 0.143. The fourth-order valence-electron chi connectivity index (χ4n) is 1.64. The van der Waals surface area contributed by atoms with E-state index in [1.165, 1.54) is 0 Å². The van der Waals surface area contributed by atoms with E-state index in [1.807, 2.05) is 30.3 Å². The summed E-state index contributed by atoms with van der Waals surface area (Å²) >= 11 is 7.79. The van der Waals surface area contributed by atoms with Crippen LogP contribution in [0.3, 0.4) is 0 Å². The van der Waals surface area contributed by atoms with Crippen LogP contribution in [0, 0.1) is 0 Å². The predicted molar refractivity (Wildman–Crippen MR) is 82.3 cm³/mol. The molecule has 1 amide bonds. The summed E-state index contributed by atoms with van der Waals surface area (Å²) in [5.74, 6) is 6.21. The van der Waals surface area contributed by atoms with Crippen molar-refractivity contribution in [1.82, 2.24) is 10.4 Å². The second-order valence-electron chi connectivity index (χ2n) is 4.07. The molecule has 1 aromatic carbocycles. The van der Waals surface area contributed by atoms with E-state index < -0.39 is 0 Å². The van der Waals surface area contributed by atoms with Crippen LogP contribution in [0.4, 0.5) is 0 Å². The van der Waals surface area contributed by atoms with Crippen molar-refractivity contribution in [3.63, 3.8) is 0 Å². The van der Waals surface area contributed by atoms with Crippen molar-refractivity contribution in [3.8, 4) is 0 Å². The normalized spacial score (nSPS) is 10.3. The number of thioether (sulfide) groups is 1. The SMILES string of the molecule is NNC(=O)c1cccc(CSCc2ccccc2Cl)n1. The monoisotopic (exact) mass is 307 g/mol. The van der Waals surface area contributed by atoms with Gasteiger partial charge in [-0.3, -0.25) is 10.2 Å². The Kier molecular flexibility index (Phi) is 5.40. The maximum Gasteiger partial charge on any atom is 0.283 e. The summed E-state index contributed by atoms with van der Waals surface area (Å²) in [4.78, 5) is 15.6. The Balaban J connectivity index is 1.94. The Morgan fingerprint density at radius 1 is 1.20 bits per heavy atom. The quantitative estimate of drug-likeness (QED) is 0.506. The van der Waals surface area contributed by atoms with Crippen LogP contribution in [-0.2, 0) is 11.5 Å². The molecule has 0 bridgehead atoms. The molecule has 2 aromatic rings. The van der Waals surface area contributed by atoms with Crippen molar-refractivity contribution in [1.29, 1.82) is 0 Å². The number of benzene rings is 1. The van der Waals surface area contributed by atoms with Crippen molar-refractivity contribution >= 4 is 29.3 Å². The summed E-state index contributed by atoms with van der Waals surface area (Å²) < 4.78 is 0. The standard InChI is InChI=1S/C14H14ClN3OS/c15-12-6-2-1-4-10(12)8-20-9-11-5-3-7-13(17-11)14(19)18-16/h1-7H,8-9,16H2,(H,18,19). The summed E-state index contributed by atoms with van der Waals surface area (Å²) in [6.45, 7) is 0. The van der Waals surface area contributed by atoms with Gasteiger partial charge in [-0.2, -0.15) is 11.8 Å². The van der Waals surface area contributed by atoms with Gasteiger partial charge in [0.2, 0.25) is 0 Å². The average molecular weight is 308 g/mol. The van der Waals surface area contributed by atoms with Gasteiger partial charge in [0, 0.05) is 16.5 Å². The van der Waals surface area contributed by atoms with Crippen LogP contribution in [0.15, 0.2) is 42.5 Å². The molecule has 3 N–H and O–H groups in total. The van der Waals surface area contributed by atoms with E-state index in [0.717, 1.165) is 22.0 Å². The first kappa shape index (κ1) is 14.8. The summed E-state index contributed by atoms with van der Waals surface area (Å²) in [7, 11) is 0. The first-order chi connectivity index (χ1) is 9.70. The van der Waals surface area contributed by atoms with Crippen molar-refractivity contribution in [3.05, 3.63) is 64.4 Å². The smallest absolute Gasteiger partial charge is 0.283 e. The first-order valence-electron chi connectivity index (χ1n) is 5.98. The van der Waals surface area contributed by atoms with Crippen molar-refractivity contribution in [2.75, 3.05) is 0 Å². The van der Waals surface area contributed by atoms with Crippen LogP contribution < -0.4 is 11.3 Å². The van der Waals surface area contributed by atoms with Crippen LogP contribution in [-0.4, -0.2) is 10.9 Å². The van der Waals surface area contributed by atoms with E-state index >= 15 is 0 Å². The Labute approximate surface area is 126 Å². The molecule has 0 saturated carbocycles. The zero-order chi connectivity index (χ0) is 14.4. The molecule has 0 saturated heterocycles. The van der Waals surface area contributed by atoms with Gasteiger partial charge in [-0.25, -0.2) is 10.8 Å². The number of hydrogen-bond donors (Lipinski definition) is 2. The highest BCUT2D eigenvalue weighted by Crippen LogP contribution is 2.22. The maximum atomic E-state index is 11.4. The molecule has 0 unspecified atom stereocenters. The van der Waals surface area contributed by atoms with E-state index in [0.29, 0.717) is 11.4 Å². The Morgan fingerprint density at radius 2 is 2.00 bits per heavy atom. The third-order valence-electron chi connectivity index (χ3n) is 2.64. The molecule has 0 aliphatic heterocycles. The second-order valence-corrected chi connectivity index (χ2v) is 5.46. The molecule has 6 heteroatoms. The molecule has 0 fully saturated rings. The lowest BCUT2D eigenvalue weighted by atomic mass is 10.2. The third kappa shape index (κ3) is 3.96. The molecular weight excluding hydrogens is 294 g/mol.